The summed E-state index contributed by atoms with van der Waals surface area (Å²) in [5, 5.41) is 5.31. The van der Waals surface area contributed by atoms with Crippen LogP contribution in [0.15, 0.2) is 70.7 Å². The Labute approximate surface area is 180 Å². The molecule has 0 aliphatic heterocycles. The third-order valence-corrected chi connectivity index (χ3v) is 6.52. The van der Waals surface area contributed by atoms with E-state index in [1.54, 1.807) is 24.5 Å². The monoisotopic (exact) mass is 444 g/mol. The highest BCUT2D eigenvalue weighted by Gasteiger charge is 2.22. The van der Waals surface area contributed by atoms with Crippen molar-refractivity contribution in [2.75, 3.05) is 5.32 Å². The Morgan fingerprint density at radius 3 is 2.43 bits per heavy atom. The maximum Gasteiger partial charge on any atom is 0.319 e. The standard InChI is InChI=1S/C21H21ClN4O3S/c1-14(2)18-9-10-19(20(22)26-18)30(28,29)17-7-5-16(6-8-17)25-21(27)24-13-15-4-3-11-23-12-15/h3-12,14H,13H2,1-2H3,(H2,24,25,27). The Morgan fingerprint density at radius 1 is 1.10 bits per heavy atom. The highest BCUT2D eigenvalue weighted by atomic mass is 35.5. The molecule has 0 atom stereocenters. The first kappa shape index (κ1) is 21.7. The van der Waals surface area contributed by atoms with Crippen LogP contribution in [0.2, 0.25) is 5.15 Å². The van der Waals surface area contributed by atoms with Crippen molar-refractivity contribution in [3.8, 4) is 0 Å². The van der Waals surface area contributed by atoms with E-state index in [-0.39, 0.29) is 20.9 Å². The van der Waals surface area contributed by atoms with Crippen LogP contribution in [0.25, 0.3) is 0 Å². The number of sulfone groups is 1. The second-order valence-electron chi connectivity index (χ2n) is 6.88. The summed E-state index contributed by atoms with van der Waals surface area (Å²) in [5.41, 5.74) is 2.04. The Balaban J connectivity index is 1.69. The molecule has 0 saturated heterocycles. The summed E-state index contributed by atoms with van der Waals surface area (Å²) < 4.78 is 25.8. The number of pyridine rings is 2. The van der Waals surface area contributed by atoms with E-state index >= 15 is 0 Å². The predicted molar refractivity (Wildman–Crippen MR) is 115 cm³/mol. The number of aromatic nitrogens is 2. The van der Waals surface area contributed by atoms with Gasteiger partial charge in [0.05, 0.1) is 4.90 Å². The van der Waals surface area contributed by atoms with Crippen LogP contribution in [-0.4, -0.2) is 24.4 Å². The zero-order valence-electron chi connectivity index (χ0n) is 16.5. The van der Waals surface area contributed by atoms with Crippen molar-refractivity contribution in [2.24, 2.45) is 0 Å². The van der Waals surface area contributed by atoms with E-state index in [4.69, 9.17) is 11.6 Å². The minimum absolute atomic E-state index is 0.0523. The number of hydrogen-bond donors (Lipinski definition) is 2. The van der Waals surface area contributed by atoms with E-state index in [9.17, 15) is 13.2 Å². The first-order valence-corrected chi connectivity index (χ1v) is 11.1. The molecule has 30 heavy (non-hydrogen) atoms. The molecule has 2 N–H and O–H groups in total. The average Bonchev–Trinajstić information content (AvgIpc) is 2.73. The lowest BCUT2D eigenvalue weighted by Gasteiger charge is -2.11. The molecule has 2 amide bonds. The highest BCUT2D eigenvalue weighted by molar-refractivity contribution is 7.91. The van der Waals surface area contributed by atoms with Gasteiger partial charge in [-0.2, -0.15) is 0 Å². The summed E-state index contributed by atoms with van der Waals surface area (Å²) in [5.74, 6) is 0.133. The van der Waals surface area contributed by atoms with Crippen LogP contribution in [0.1, 0.15) is 31.0 Å². The van der Waals surface area contributed by atoms with Crippen molar-refractivity contribution >= 4 is 33.2 Å². The Hall–Kier alpha value is -2.97. The maximum absolute atomic E-state index is 12.9. The van der Waals surface area contributed by atoms with E-state index in [1.165, 1.54) is 30.3 Å². The zero-order valence-corrected chi connectivity index (χ0v) is 18.0. The third kappa shape index (κ3) is 5.14. The molecule has 3 aromatic rings. The highest BCUT2D eigenvalue weighted by Crippen LogP contribution is 2.28. The first-order valence-electron chi connectivity index (χ1n) is 9.22. The number of halogens is 1. The summed E-state index contributed by atoms with van der Waals surface area (Å²) in [6.45, 7) is 4.22. The molecule has 0 unspecified atom stereocenters. The molecule has 0 radical (unpaired) electrons. The number of amides is 2. The van der Waals surface area contributed by atoms with E-state index < -0.39 is 15.9 Å². The van der Waals surface area contributed by atoms with Gasteiger partial charge in [-0.3, -0.25) is 4.98 Å². The van der Waals surface area contributed by atoms with Crippen molar-refractivity contribution in [3.63, 3.8) is 0 Å². The zero-order chi connectivity index (χ0) is 21.7. The van der Waals surface area contributed by atoms with Gasteiger partial charge in [-0.1, -0.05) is 31.5 Å². The van der Waals surface area contributed by atoms with E-state index in [2.05, 4.69) is 20.6 Å². The van der Waals surface area contributed by atoms with Crippen LogP contribution < -0.4 is 10.6 Å². The van der Waals surface area contributed by atoms with Crippen LogP contribution in [0, 0.1) is 0 Å². The molecule has 0 aliphatic rings. The molecule has 3 rings (SSSR count). The molecule has 0 spiro atoms. The van der Waals surface area contributed by atoms with Gasteiger partial charge in [0.25, 0.3) is 0 Å². The van der Waals surface area contributed by atoms with Gasteiger partial charge < -0.3 is 10.6 Å². The molecule has 0 saturated carbocycles. The molecule has 2 aromatic heterocycles. The van der Waals surface area contributed by atoms with Gasteiger partial charge in [-0.05, 0) is 53.9 Å². The number of rotatable bonds is 6. The lowest BCUT2D eigenvalue weighted by molar-refractivity contribution is 0.251. The van der Waals surface area contributed by atoms with Crippen molar-refractivity contribution in [1.29, 1.82) is 0 Å². The van der Waals surface area contributed by atoms with Crippen LogP contribution in [0.3, 0.4) is 0 Å². The fourth-order valence-electron chi connectivity index (χ4n) is 2.66. The Kier molecular flexibility index (Phi) is 6.69. The number of anilines is 1. The number of urea groups is 1. The molecule has 0 bridgehead atoms. The van der Waals surface area contributed by atoms with E-state index in [0.29, 0.717) is 12.2 Å². The largest absolute Gasteiger partial charge is 0.334 e. The minimum atomic E-state index is -3.83. The summed E-state index contributed by atoms with van der Waals surface area (Å²) >= 11 is 6.13. The topological polar surface area (TPSA) is 101 Å². The number of carbonyl (C=O) groups is 1. The number of benzene rings is 1. The first-order chi connectivity index (χ1) is 14.3. The fraction of sp³-hybridized carbons (Fsp3) is 0.190. The van der Waals surface area contributed by atoms with Gasteiger partial charge >= 0.3 is 6.03 Å². The van der Waals surface area contributed by atoms with E-state index in [1.807, 2.05) is 19.9 Å². The SMILES string of the molecule is CC(C)c1ccc(S(=O)(=O)c2ccc(NC(=O)NCc3cccnc3)cc2)c(Cl)n1. The summed E-state index contributed by atoms with van der Waals surface area (Å²) in [4.78, 5) is 20.2. The average molecular weight is 445 g/mol. The molecular formula is C21H21ClN4O3S. The number of nitrogens with one attached hydrogen (secondary N) is 2. The molecule has 9 heteroatoms. The summed E-state index contributed by atoms with van der Waals surface area (Å²) in [6.07, 6.45) is 3.31. The van der Waals surface area contributed by atoms with Gasteiger partial charge in [0, 0.05) is 30.3 Å². The van der Waals surface area contributed by atoms with Crippen molar-refractivity contribution in [3.05, 3.63) is 77.3 Å². The molecule has 2 heterocycles. The van der Waals surface area contributed by atoms with Crippen LogP contribution in [-0.2, 0) is 16.4 Å². The lowest BCUT2D eigenvalue weighted by atomic mass is 10.1. The maximum atomic E-state index is 12.9. The minimum Gasteiger partial charge on any atom is -0.334 e. The molecule has 156 valence electrons. The molecule has 7 nitrogen and oxygen atoms in total. The smallest absolute Gasteiger partial charge is 0.319 e. The second kappa shape index (κ2) is 9.23. The number of carbonyl (C=O) groups excluding carboxylic acids is 1. The van der Waals surface area contributed by atoms with Crippen LogP contribution in [0.5, 0.6) is 0 Å². The molecule has 1 aromatic carbocycles. The van der Waals surface area contributed by atoms with Gasteiger partial charge in [0.15, 0.2) is 0 Å². The summed E-state index contributed by atoms with van der Waals surface area (Å²) in [7, 11) is -3.83. The normalized spacial score (nSPS) is 11.3. The third-order valence-electron chi connectivity index (χ3n) is 4.32. The molecular weight excluding hydrogens is 424 g/mol. The van der Waals surface area contributed by atoms with Gasteiger partial charge in [-0.15, -0.1) is 0 Å². The van der Waals surface area contributed by atoms with Crippen LogP contribution >= 0.6 is 11.6 Å². The lowest BCUT2D eigenvalue weighted by Crippen LogP contribution is -2.28. The molecule has 0 aliphatic carbocycles. The molecule has 0 fully saturated rings. The van der Waals surface area contributed by atoms with Gasteiger partial charge in [0.2, 0.25) is 9.84 Å². The van der Waals surface area contributed by atoms with E-state index in [0.717, 1.165) is 11.3 Å². The Bertz CT molecular complexity index is 1130. The second-order valence-corrected chi connectivity index (χ2v) is 9.15. The van der Waals surface area contributed by atoms with Crippen LogP contribution in [0.4, 0.5) is 10.5 Å². The van der Waals surface area contributed by atoms with Gasteiger partial charge in [0.1, 0.15) is 10.0 Å². The summed E-state index contributed by atoms with van der Waals surface area (Å²) in [6, 6.07) is 12.2. The van der Waals surface area contributed by atoms with Crippen molar-refractivity contribution in [2.45, 2.75) is 36.1 Å². The van der Waals surface area contributed by atoms with Crippen molar-refractivity contribution in [1.82, 2.24) is 15.3 Å². The number of hydrogen-bond acceptors (Lipinski definition) is 5. The predicted octanol–water partition coefficient (Wildman–Crippen LogP) is 4.41. The number of nitrogens with zero attached hydrogens (tertiary/aromatic N) is 2. The quantitative estimate of drug-likeness (QED) is 0.548. The Morgan fingerprint density at radius 2 is 1.83 bits per heavy atom. The fourth-order valence-corrected chi connectivity index (χ4v) is 4.39. The van der Waals surface area contributed by atoms with Gasteiger partial charge in [-0.25, -0.2) is 18.2 Å². The van der Waals surface area contributed by atoms with Crippen molar-refractivity contribution < 1.29 is 13.2 Å².